The van der Waals surface area contributed by atoms with E-state index in [9.17, 15) is 15.0 Å². The van der Waals surface area contributed by atoms with Gasteiger partial charge in [0.1, 0.15) is 24.5 Å². The maximum absolute atomic E-state index is 11.2. The lowest BCUT2D eigenvalue weighted by Gasteiger charge is -2.25. The van der Waals surface area contributed by atoms with Crippen molar-refractivity contribution < 1.29 is 19.7 Å². The van der Waals surface area contributed by atoms with E-state index in [1.54, 1.807) is 4.57 Å². The van der Waals surface area contributed by atoms with Crippen LogP contribution in [0.5, 0.6) is 0 Å². The van der Waals surface area contributed by atoms with Crippen molar-refractivity contribution in [3.63, 3.8) is 0 Å². The van der Waals surface area contributed by atoms with Crippen LogP contribution in [0.15, 0.2) is 17.1 Å². The SMILES string of the molecule is O=c1ccn(C2C[C@H]3O[C@H]3[C@H](O)[C@@H](CO)O2)c(=S)[nH]1. The molecule has 2 fully saturated rings. The fourth-order valence-electron chi connectivity index (χ4n) is 2.38. The maximum atomic E-state index is 11.2. The highest BCUT2D eigenvalue weighted by molar-refractivity contribution is 7.71. The number of H-pyrrole nitrogens is 1. The van der Waals surface area contributed by atoms with Crippen LogP contribution in [0.1, 0.15) is 12.6 Å². The summed E-state index contributed by atoms with van der Waals surface area (Å²) in [6.45, 7) is -0.305. The zero-order valence-corrected chi connectivity index (χ0v) is 10.7. The molecule has 3 rings (SSSR count). The zero-order valence-electron chi connectivity index (χ0n) is 9.93. The van der Waals surface area contributed by atoms with Gasteiger partial charge in [0.05, 0.1) is 12.7 Å². The topological polar surface area (TPSA) is 100 Å². The van der Waals surface area contributed by atoms with Crippen LogP contribution in [-0.2, 0) is 9.47 Å². The third kappa shape index (κ3) is 2.37. The lowest BCUT2D eigenvalue weighted by atomic mass is 10.1. The lowest BCUT2D eigenvalue weighted by Crippen LogP contribution is -2.37. The highest BCUT2D eigenvalue weighted by Crippen LogP contribution is 2.39. The summed E-state index contributed by atoms with van der Waals surface area (Å²) in [6, 6.07) is 1.35. The van der Waals surface area contributed by atoms with Crippen molar-refractivity contribution in [1.82, 2.24) is 9.55 Å². The fraction of sp³-hybridized carbons (Fsp3) is 0.636. The standard InChI is InChI=1S/C11H14N2O5S/c14-4-6-9(16)10-5(18-10)3-8(17-6)13-2-1-7(15)12-11(13)19/h1-2,5-6,8-10,14,16H,3-4H2,(H,12,15,19)/t5-,6-,8?,9-,10-/m1/s1. The molecular weight excluding hydrogens is 272 g/mol. The van der Waals surface area contributed by atoms with Gasteiger partial charge in [0.2, 0.25) is 0 Å². The van der Waals surface area contributed by atoms with E-state index in [4.69, 9.17) is 21.7 Å². The molecule has 0 saturated carbocycles. The number of fused-ring (bicyclic) bond motifs is 1. The molecule has 1 aromatic rings. The third-order valence-corrected chi connectivity index (χ3v) is 3.76. The Morgan fingerprint density at radius 1 is 1.53 bits per heavy atom. The Kier molecular flexibility index (Phi) is 3.27. The third-order valence-electron chi connectivity index (χ3n) is 3.45. The molecule has 3 N–H and O–H groups in total. The molecular formula is C11H14N2O5S. The highest BCUT2D eigenvalue weighted by Gasteiger charge is 2.52. The minimum atomic E-state index is -0.850. The van der Waals surface area contributed by atoms with Gasteiger partial charge in [0.25, 0.3) is 5.56 Å². The van der Waals surface area contributed by atoms with E-state index in [1.165, 1.54) is 12.3 Å². The summed E-state index contributed by atoms with van der Waals surface area (Å²) in [4.78, 5) is 13.7. The number of hydrogen-bond donors (Lipinski definition) is 3. The van der Waals surface area contributed by atoms with Gasteiger partial charge in [-0.25, -0.2) is 0 Å². The van der Waals surface area contributed by atoms with Gasteiger partial charge in [-0.3, -0.25) is 14.3 Å². The van der Waals surface area contributed by atoms with Gasteiger partial charge in [0, 0.05) is 18.7 Å². The minimum Gasteiger partial charge on any atom is -0.394 e. The van der Waals surface area contributed by atoms with Crippen LogP contribution in [0.2, 0.25) is 0 Å². The molecule has 0 aliphatic carbocycles. The molecule has 2 aliphatic heterocycles. The number of aliphatic hydroxyl groups is 2. The van der Waals surface area contributed by atoms with Gasteiger partial charge >= 0.3 is 0 Å². The molecule has 0 bridgehead atoms. The van der Waals surface area contributed by atoms with E-state index < -0.39 is 18.4 Å². The molecule has 5 atom stereocenters. The Balaban J connectivity index is 1.91. The number of nitrogens with zero attached hydrogens (tertiary/aromatic N) is 1. The van der Waals surface area contributed by atoms with Crippen molar-refractivity contribution in [3.8, 4) is 0 Å². The van der Waals surface area contributed by atoms with E-state index in [2.05, 4.69) is 4.98 Å². The predicted molar refractivity (Wildman–Crippen MR) is 66.2 cm³/mol. The summed E-state index contributed by atoms with van der Waals surface area (Å²) in [7, 11) is 0. The second kappa shape index (κ2) is 4.80. The number of aromatic amines is 1. The molecule has 19 heavy (non-hydrogen) atoms. The zero-order chi connectivity index (χ0) is 13.6. The van der Waals surface area contributed by atoms with Crippen molar-refractivity contribution >= 4 is 12.2 Å². The summed E-state index contributed by atoms with van der Waals surface area (Å²) in [5.74, 6) is 0. The summed E-state index contributed by atoms with van der Waals surface area (Å²) < 4.78 is 12.9. The highest BCUT2D eigenvalue weighted by atomic mass is 32.1. The first kappa shape index (κ1) is 12.9. The Morgan fingerprint density at radius 2 is 2.32 bits per heavy atom. The number of nitrogens with one attached hydrogen (secondary N) is 1. The minimum absolute atomic E-state index is 0.106. The number of ether oxygens (including phenoxy) is 2. The Bertz CT molecular complexity index is 585. The first-order chi connectivity index (χ1) is 9.10. The summed E-state index contributed by atoms with van der Waals surface area (Å²) in [5.41, 5.74) is -0.283. The van der Waals surface area contributed by atoms with Gasteiger partial charge < -0.3 is 19.7 Å². The van der Waals surface area contributed by atoms with Crippen LogP contribution in [0.3, 0.4) is 0 Å². The van der Waals surface area contributed by atoms with Gasteiger partial charge in [-0.2, -0.15) is 0 Å². The molecule has 1 aromatic heterocycles. The molecule has 2 saturated heterocycles. The van der Waals surface area contributed by atoms with Gasteiger partial charge in [0.15, 0.2) is 4.77 Å². The number of epoxide rings is 1. The Labute approximate surface area is 113 Å². The van der Waals surface area contributed by atoms with E-state index in [1.807, 2.05) is 0 Å². The van der Waals surface area contributed by atoms with Crippen LogP contribution in [0.4, 0.5) is 0 Å². The van der Waals surface area contributed by atoms with Gasteiger partial charge in [-0.05, 0) is 12.2 Å². The first-order valence-electron chi connectivity index (χ1n) is 6.01. The fourth-order valence-corrected chi connectivity index (χ4v) is 2.66. The average Bonchev–Trinajstić information content (AvgIpc) is 3.13. The number of aliphatic hydroxyl groups excluding tert-OH is 2. The molecule has 3 heterocycles. The van der Waals surface area contributed by atoms with E-state index in [0.717, 1.165) is 0 Å². The second-order valence-corrected chi connectivity index (χ2v) is 5.08. The normalized spacial score (nSPS) is 37.5. The van der Waals surface area contributed by atoms with Crippen molar-refractivity contribution in [1.29, 1.82) is 0 Å². The molecule has 8 heteroatoms. The number of rotatable bonds is 2. The van der Waals surface area contributed by atoms with Crippen molar-refractivity contribution in [2.45, 2.75) is 37.1 Å². The molecule has 2 aliphatic rings. The molecule has 0 radical (unpaired) electrons. The largest absolute Gasteiger partial charge is 0.394 e. The first-order valence-corrected chi connectivity index (χ1v) is 6.42. The maximum Gasteiger partial charge on any atom is 0.251 e. The molecule has 0 spiro atoms. The van der Waals surface area contributed by atoms with Crippen LogP contribution >= 0.6 is 12.2 Å². The summed E-state index contributed by atoms with van der Waals surface area (Å²) in [6.07, 6.45) is -0.403. The van der Waals surface area contributed by atoms with Crippen LogP contribution in [0.25, 0.3) is 0 Å². The molecule has 1 unspecified atom stereocenters. The van der Waals surface area contributed by atoms with E-state index in [-0.39, 0.29) is 29.1 Å². The second-order valence-electron chi connectivity index (χ2n) is 4.69. The van der Waals surface area contributed by atoms with Crippen LogP contribution < -0.4 is 5.56 Å². The lowest BCUT2D eigenvalue weighted by molar-refractivity contribution is -0.128. The monoisotopic (exact) mass is 286 g/mol. The Morgan fingerprint density at radius 3 is 3.00 bits per heavy atom. The van der Waals surface area contributed by atoms with Crippen LogP contribution in [0, 0.1) is 4.77 Å². The van der Waals surface area contributed by atoms with Gasteiger partial charge in [-0.1, -0.05) is 0 Å². The molecule has 0 amide bonds. The Hall–Kier alpha value is -1.06. The van der Waals surface area contributed by atoms with Crippen molar-refractivity contribution in [3.05, 3.63) is 27.4 Å². The van der Waals surface area contributed by atoms with Gasteiger partial charge in [-0.15, -0.1) is 0 Å². The summed E-state index contributed by atoms with van der Waals surface area (Å²) >= 11 is 5.08. The number of aromatic nitrogens is 2. The smallest absolute Gasteiger partial charge is 0.251 e. The molecule has 104 valence electrons. The van der Waals surface area contributed by atoms with Crippen molar-refractivity contribution in [2.24, 2.45) is 0 Å². The molecule has 0 aromatic carbocycles. The number of hydrogen-bond acceptors (Lipinski definition) is 6. The van der Waals surface area contributed by atoms with Crippen LogP contribution in [-0.4, -0.2) is 50.8 Å². The van der Waals surface area contributed by atoms with E-state index in [0.29, 0.717) is 6.42 Å². The van der Waals surface area contributed by atoms with Crippen molar-refractivity contribution in [2.75, 3.05) is 6.61 Å². The predicted octanol–water partition coefficient (Wildman–Crippen LogP) is -0.686. The van der Waals surface area contributed by atoms with E-state index >= 15 is 0 Å². The molecule has 7 nitrogen and oxygen atoms in total. The average molecular weight is 286 g/mol. The quantitative estimate of drug-likeness (QED) is 0.492. The summed E-state index contributed by atoms with van der Waals surface area (Å²) in [5, 5.41) is 19.2.